The molecule has 1 unspecified atom stereocenters. The molecule has 1 saturated carbocycles. The molecule has 3 heteroatoms. The van der Waals surface area contributed by atoms with Gasteiger partial charge in [0.2, 0.25) is 0 Å². The van der Waals surface area contributed by atoms with Crippen LogP contribution in [0.25, 0.3) is 0 Å². The molecule has 0 aromatic carbocycles. The van der Waals surface area contributed by atoms with Gasteiger partial charge in [0.1, 0.15) is 5.76 Å². The summed E-state index contributed by atoms with van der Waals surface area (Å²) in [5.74, 6) is 1.05. The van der Waals surface area contributed by atoms with E-state index in [1.54, 1.807) is 6.26 Å². The third-order valence-electron chi connectivity index (χ3n) is 3.80. The van der Waals surface area contributed by atoms with Crippen LogP contribution < -0.4 is 11.1 Å². The van der Waals surface area contributed by atoms with Crippen LogP contribution in [0.2, 0.25) is 0 Å². The van der Waals surface area contributed by atoms with Gasteiger partial charge in [0.05, 0.1) is 6.26 Å². The lowest BCUT2D eigenvalue weighted by molar-refractivity contribution is 0.376. The Bertz CT molecular complexity index is 315. The summed E-state index contributed by atoms with van der Waals surface area (Å²) < 4.78 is 5.34. The number of rotatable bonds is 6. The maximum Gasteiger partial charge on any atom is 0.105 e. The minimum atomic E-state index is 0.109. The summed E-state index contributed by atoms with van der Waals surface area (Å²) in [5, 5.41) is 3.53. The Morgan fingerprint density at radius 3 is 2.88 bits per heavy atom. The lowest BCUT2D eigenvalue weighted by atomic mass is 9.95. The summed E-state index contributed by atoms with van der Waals surface area (Å²) in [6.07, 6.45) is 8.77. The Morgan fingerprint density at radius 1 is 1.47 bits per heavy atom. The van der Waals surface area contributed by atoms with Gasteiger partial charge in [-0.25, -0.2) is 0 Å². The van der Waals surface area contributed by atoms with E-state index in [1.807, 2.05) is 12.1 Å². The third-order valence-corrected chi connectivity index (χ3v) is 3.80. The first-order chi connectivity index (χ1) is 8.18. The summed E-state index contributed by atoms with van der Waals surface area (Å²) >= 11 is 0. The van der Waals surface area contributed by atoms with Crippen molar-refractivity contribution < 1.29 is 4.42 Å². The lowest BCUT2D eigenvalue weighted by Gasteiger charge is -2.24. The number of hydrogen-bond donors (Lipinski definition) is 2. The molecule has 0 saturated heterocycles. The smallest absolute Gasteiger partial charge is 0.105 e. The highest BCUT2D eigenvalue weighted by Crippen LogP contribution is 2.29. The maximum absolute atomic E-state index is 6.32. The topological polar surface area (TPSA) is 51.2 Å². The summed E-state index contributed by atoms with van der Waals surface area (Å²) in [5.41, 5.74) is 6.43. The summed E-state index contributed by atoms with van der Waals surface area (Å²) in [6.45, 7) is 3.21. The molecule has 1 aromatic heterocycles. The Kier molecular flexibility index (Phi) is 4.24. The number of furan rings is 1. The van der Waals surface area contributed by atoms with Gasteiger partial charge in [-0.3, -0.25) is 0 Å². The SMILES string of the molecule is CC(Cc1ccco1)NCCC1(N)CCCC1. The minimum Gasteiger partial charge on any atom is -0.469 e. The third kappa shape index (κ3) is 3.86. The van der Waals surface area contributed by atoms with E-state index in [9.17, 15) is 0 Å². The highest BCUT2D eigenvalue weighted by Gasteiger charge is 2.28. The first-order valence-electron chi connectivity index (χ1n) is 6.73. The van der Waals surface area contributed by atoms with Gasteiger partial charge in [-0.05, 0) is 44.9 Å². The van der Waals surface area contributed by atoms with E-state index in [1.165, 1.54) is 25.7 Å². The molecular formula is C14H24N2O. The van der Waals surface area contributed by atoms with Gasteiger partial charge in [-0.15, -0.1) is 0 Å². The molecule has 3 nitrogen and oxygen atoms in total. The van der Waals surface area contributed by atoms with Crippen molar-refractivity contribution in [2.24, 2.45) is 5.73 Å². The van der Waals surface area contributed by atoms with Gasteiger partial charge in [0.15, 0.2) is 0 Å². The molecule has 1 atom stereocenters. The molecule has 0 amide bonds. The standard InChI is InChI=1S/C14H24N2O/c1-12(11-13-5-4-10-17-13)16-9-8-14(15)6-2-3-7-14/h4-5,10,12,16H,2-3,6-9,11,15H2,1H3. The van der Waals surface area contributed by atoms with E-state index < -0.39 is 0 Å². The Morgan fingerprint density at radius 2 is 2.24 bits per heavy atom. The molecule has 1 aromatic rings. The number of hydrogen-bond acceptors (Lipinski definition) is 3. The molecule has 0 aliphatic heterocycles. The minimum absolute atomic E-state index is 0.109. The van der Waals surface area contributed by atoms with Gasteiger partial charge in [0.25, 0.3) is 0 Å². The van der Waals surface area contributed by atoms with Crippen LogP contribution >= 0.6 is 0 Å². The van der Waals surface area contributed by atoms with Crippen LogP contribution in [0, 0.1) is 0 Å². The summed E-state index contributed by atoms with van der Waals surface area (Å²) in [7, 11) is 0. The summed E-state index contributed by atoms with van der Waals surface area (Å²) in [4.78, 5) is 0. The van der Waals surface area contributed by atoms with Crippen molar-refractivity contribution in [3.63, 3.8) is 0 Å². The highest BCUT2D eigenvalue weighted by atomic mass is 16.3. The number of nitrogens with one attached hydrogen (secondary N) is 1. The second-order valence-electron chi connectivity index (χ2n) is 5.46. The molecule has 1 fully saturated rings. The molecule has 1 aliphatic rings. The van der Waals surface area contributed by atoms with E-state index in [-0.39, 0.29) is 5.54 Å². The zero-order valence-electron chi connectivity index (χ0n) is 10.7. The van der Waals surface area contributed by atoms with Crippen LogP contribution in [0.1, 0.15) is 44.8 Å². The Hall–Kier alpha value is -0.800. The zero-order chi connectivity index (χ0) is 12.1. The van der Waals surface area contributed by atoms with Crippen molar-refractivity contribution in [3.05, 3.63) is 24.2 Å². The van der Waals surface area contributed by atoms with Crippen LogP contribution in [-0.2, 0) is 6.42 Å². The first-order valence-corrected chi connectivity index (χ1v) is 6.73. The van der Waals surface area contributed by atoms with Crippen LogP contribution in [0.5, 0.6) is 0 Å². The van der Waals surface area contributed by atoms with Gasteiger partial charge < -0.3 is 15.5 Å². The molecule has 1 heterocycles. The lowest BCUT2D eigenvalue weighted by Crippen LogP contribution is -2.41. The zero-order valence-corrected chi connectivity index (χ0v) is 10.7. The predicted molar refractivity (Wildman–Crippen MR) is 69.9 cm³/mol. The van der Waals surface area contributed by atoms with Gasteiger partial charge in [-0.1, -0.05) is 12.8 Å². The maximum atomic E-state index is 6.32. The molecule has 2 rings (SSSR count). The Balaban J connectivity index is 1.64. The van der Waals surface area contributed by atoms with Crippen molar-refractivity contribution >= 4 is 0 Å². The molecule has 3 N–H and O–H groups in total. The molecule has 0 bridgehead atoms. The molecular weight excluding hydrogens is 212 g/mol. The fourth-order valence-corrected chi connectivity index (χ4v) is 2.70. The van der Waals surface area contributed by atoms with Crippen molar-refractivity contribution in [1.82, 2.24) is 5.32 Å². The average molecular weight is 236 g/mol. The largest absolute Gasteiger partial charge is 0.469 e. The summed E-state index contributed by atoms with van der Waals surface area (Å²) in [6, 6.07) is 4.42. The van der Waals surface area contributed by atoms with Crippen LogP contribution in [0.3, 0.4) is 0 Å². The fraction of sp³-hybridized carbons (Fsp3) is 0.714. The van der Waals surface area contributed by atoms with Crippen LogP contribution in [0.4, 0.5) is 0 Å². The molecule has 0 radical (unpaired) electrons. The average Bonchev–Trinajstić information content (AvgIpc) is 2.90. The van der Waals surface area contributed by atoms with Crippen LogP contribution in [0.15, 0.2) is 22.8 Å². The van der Waals surface area contributed by atoms with Crippen molar-refractivity contribution in [2.45, 2.75) is 57.0 Å². The first kappa shape index (κ1) is 12.7. The molecule has 17 heavy (non-hydrogen) atoms. The molecule has 1 aliphatic carbocycles. The van der Waals surface area contributed by atoms with E-state index in [0.717, 1.165) is 25.1 Å². The number of nitrogens with two attached hydrogens (primary N) is 1. The quantitative estimate of drug-likeness (QED) is 0.797. The van der Waals surface area contributed by atoms with Crippen molar-refractivity contribution in [1.29, 1.82) is 0 Å². The van der Waals surface area contributed by atoms with E-state index >= 15 is 0 Å². The Labute approximate surface area is 104 Å². The fourth-order valence-electron chi connectivity index (χ4n) is 2.70. The van der Waals surface area contributed by atoms with E-state index in [2.05, 4.69) is 12.2 Å². The molecule has 0 spiro atoms. The van der Waals surface area contributed by atoms with Crippen molar-refractivity contribution in [2.75, 3.05) is 6.54 Å². The predicted octanol–water partition coefficient (Wildman–Crippen LogP) is 2.46. The van der Waals surface area contributed by atoms with Crippen molar-refractivity contribution in [3.8, 4) is 0 Å². The normalized spacial score (nSPS) is 20.6. The van der Waals surface area contributed by atoms with Crippen LogP contribution in [-0.4, -0.2) is 18.1 Å². The van der Waals surface area contributed by atoms with Gasteiger partial charge in [-0.2, -0.15) is 0 Å². The highest BCUT2D eigenvalue weighted by molar-refractivity contribution is 5.00. The van der Waals surface area contributed by atoms with E-state index in [0.29, 0.717) is 6.04 Å². The molecule has 96 valence electrons. The van der Waals surface area contributed by atoms with E-state index in [4.69, 9.17) is 10.2 Å². The second kappa shape index (κ2) is 5.69. The second-order valence-corrected chi connectivity index (χ2v) is 5.46. The van der Waals surface area contributed by atoms with Gasteiger partial charge in [0, 0.05) is 18.0 Å². The van der Waals surface area contributed by atoms with Gasteiger partial charge >= 0.3 is 0 Å². The monoisotopic (exact) mass is 236 g/mol.